The highest BCUT2D eigenvalue weighted by atomic mass is 19.1. The minimum absolute atomic E-state index is 0.00407. The number of carbonyl (C=O) groups is 1. The topological polar surface area (TPSA) is 54.0 Å². The van der Waals surface area contributed by atoms with E-state index in [9.17, 15) is 9.18 Å². The molecule has 3 aromatic rings. The first kappa shape index (κ1) is 24.0. The van der Waals surface area contributed by atoms with Crippen molar-refractivity contribution in [2.75, 3.05) is 50.2 Å². The van der Waals surface area contributed by atoms with Gasteiger partial charge in [-0.2, -0.15) is 0 Å². The number of hydrogen-bond donors (Lipinski definition) is 1. The number of ether oxygens (including phenoxy) is 2. The summed E-state index contributed by atoms with van der Waals surface area (Å²) in [4.78, 5) is 18.1. The Bertz CT molecular complexity index is 1200. The molecule has 3 aromatic carbocycles. The normalized spacial score (nSPS) is 18.8. The average Bonchev–Trinajstić information content (AvgIpc) is 2.92. The maximum atomic E-state index is 13.5. The Morgan fingerprint density at radius 1 is 0.972 bits per heavy atom. The van der Waals surface area contributed by atoms with Crippen molar-refractivity contribution in [3.8, 4) is 11.5 Å². The molecule has 0 spiro atoms. The highest BCUT2D eigenvalue weighted by Crippen LogP contribution is 2.39. The van der Waals surface area contributed by atoms with Gasteiger partial charge in [-0.3, -0.25) is 4.79 Å². The highest BCUT2D eigenvalue weighted by molar-refractivity contribution is 5.82. The van der Waals surface area contributed by atoms with Gasteiger partial charge in [-0.25, -0.2) is 4.39 Å². The number of carbonyl (C=O) groups excluding carboxylic acids is 1. The second-order valence-electron chi connectivity index (χ2n) is 9.38. The number of nitrogens with zero attached hydrogens (tertiary/aromatic N) is 2. The molecular weight excluding hydrogens is 457 g/mol. The van der Waals surface area contributed by atoms with E-state index in [1.807, 2.05) is 42.5 Å². The van der Waals surface area contributed by atoms with E-state index in [4.69, 9.17) is 9.47 Å². The number of anilines is 2. The van der Waals surface area contributed by atoms with Crippen LogP contribution in [0.5, 0.6) is 11.5 Å². The monoisotopic (exact) mass is 489 g/mol. The number of rotatable bonds is 7. The maximum Gasteiger partial charge on any atom is 0.225 e. The fourth-order valence-corrected chi connectivity index (χ4v) is 5.34. The van der Waals surface area contributed by atoms with Crippen LogP contribution in [0.15, 0.2) is 66.7 Å². The summed E-state index contributed by atoms with van der Waals surface area (Å²) in [5, 5.41) is 3.19. The van der Waals surface area contributed by atoms with Crippen molar-refractivity contribution in [1.29, 1.82) is 0 Å². The van der Waals surface area contributed by atoms with Crippen LogP contribution in [0, 0.1) is 11.7 Å². The van der Waals surface area contributed by atoms with Gasteiger partial charge in [0.1, 0.15) is 17.3 Å². The molecule has 5 rings (SSSR count). The van der Waals surface area contributed by atoms with Gasteiger partial charge in [0, 0.05) is 43.6 Å². The predicted molar refractivity (Wildman–Crippen MR) is 140 cm³/mol. The predicted octanol–water partition coefficient (Wildman–Crippen LogP) is 4.07. The molecular formula is C29H32FN3O3. The molecule has 7 heteroatoms. The summed E-state index contributed by atoms with van der Waals surface area (Å²) in [6.45, 7) is 2.84. The molecule has 2 aliphatic rings. The van der Waals surface area contributed by atoms with Crippen LogP contribution in [0.2, 0.25) is 0 Å². The number of hydrogen-bond acceptors (Lipinski definition) is 5. The summed E-state index contributed by atoms with van der Waals surface area (Å²) in [5.74, 6) is 1.27. The molecule has 0 bridgehead atoms. The zero-order valence-electron chi connectivity index (χ0n) is 20.7. The summed E-state index contributed by atoms with van der Waals surface area (Å²) in [7, 11) is 3.33. The van der Waals surface area contributed by atoms with Gasteiger partial charge >= 0.3 is 0 Å². The SMILES string of the molecule is COc1ccc(CCNC(=O)[C@H]2Cc3ccc(OC)cc3N3CCN(c4ccc(F)cc4)C[C@H]23)cc1. The lowest BCUT2D eigenvalue weighted by Gasteiger charge is -2.49. The Morgan fingerprint density at radius 2 is 1.69 bits per heavy atom. The molecule has 1 fully saturated rings. The summed E-state index contributed by atoms with van der Waals surface area (Å²) >= 11 is 0. The molecule has 6 nitrogen and oxygen atoms in total. The number of fused-ring (bicyclic) bond motifs is 3. The number of halogens is 1. The Kier molecular flexibility index (Phi) is 6.98. The van der Waals surface area contributed by atoms with Crippen LogP contribution in [-0.4, -0.2) is 52.3 Å². The van der Waals surface area contributed by atoms with Gasteiger partial charge < -0.3 is 24.6 Å². The Labute approximate surface area is 211 Å². The third-order valence-corrected chi connectivity index (χ3v) is 7.33. The molecule has 0 saturated carbocycles. The van der Waals surface area contributed by atoms with Crippen molar-refractivity contribution in [3.05, 3.63) is 83.7 Å². The van der Waals surface area contributed by atoms with Gasteiger partial charge in [-0.05, 0) is 66.4 Å². The summed E-state index contributed by atoms with van der Waals surface area (Å²) in [6, 6.07) is 20.7. The van der Waals surface area contributed by atoms with Crippen molar-refractivity contribution in [2.24, 2.45) is 5.92 Å². The second kappa shape index (κ2) is 10.5. The molecule has 1 amide bonds. The first-order valence-electron chi connectivity index (χ1n) is 12.4. The smallest absolute Gasteiger partial charge is 0.225 e. The number of benzene rings is 3. The van der Waals surface area contributed by atoms with Crippen LogP contribution in [-0.2, 0) is 17.6 Å². The zero-order valence-corrected chi connectivity index (χ0v) is 20.7. The van der Waals surface area contributed by atoms with Crippen LogP contribution in [0.4, 0.5) is 15.8 Å². The minimum atomic E-state index is -0.245. The van der Waals surface area contributed by atoms with Crippen molar-refractivity contribution in [3.63, 3.8) is 0 Å². The first-order chi connectivity index (χ1) is 17.6. The summed E-state index contributed by atoms with van der Waals surface area (Å²) in [6.07, 6.45) is 1.43. The lowest BCUT2D eigenvalue weighted by atomic mass is 9.83. The van der Waals surface area contributed by atoms with Crippen LogP contribution >= 0.6 is 0 Å². The largest absolute Gasteiger partial charge is 0.497 e. The minimum Gasteiger partial charge on any atom is -0.497 e. The zero-order chi connectivity index (χ0) is 25.1. The molecule has 1 N–H and O–H groups in total. The van der Waals surface area contributed by atoms with Crippen LogP contribution in [0.3, 0.4) is 0 Å². The van der Waals surface area contributed by atoms with Gasteiger partial charge in [0.25, 0.3) is 0 Å². The van der Waals surface area contributed by atoms with E-state index in [0.717, 1.165) is 53.5 Å². The van der Waals surface area contributed by atoms with E-state index < -0.39 is 0 Å². The third-order valence-electron chi connectivity index (χ3n) is 7.33. The Hall–Kier alpha value is -3.74. The van der Waals surface area contributed by atoms with Crippen molar-refractivity contribution < 1.29 is 18.7 Å². The highest BCUT2D eigenvalue weighted by Gasteiger charge is 2.41. The Morgan fingerprint density at radius 3 is 2.42 bits per heavy atom. The van der Waals surface area contributed by atoms with E-state index in [0.29, 0.717) is 19.5 Å². The molecule has 2 heterocycles. The molecule has 0 radical (unpaired) electrons. The quantitative estimate of drug-likeness (QED) is 0.542. The van der Waals surface area contributed by atoms with Crippen LogP contribution in [0.25, 0.3) is 0 Å². The van der Waals surface area contributed by atoms with Gasteiger partial charge in [0.15, 0.2) is 0 Å². The van der Waals surface area contributed by atoms with Crippen molar-refractivity contribution in [2.45, 2.75) is 18.9 Å². The lowest BCUT2D eigenvalue weighted by Crippen LogP contribution is -2.61. The van der Waals surface area contributed by atoms with E-state index in [-0.39, 0.29) is 23.7 Å². The van der Waals surface area contributed by atoms with Crippen molar-refractivity contribution in [1.82, 2.24) is 5.32 Å². The molecule has 0 unspecified atom stereocenters. The van der Waals surface area contributed by atoms with Crippen molar-refractivity contribution >= 4 is 17.3 Å². The maximum absolute atomic E-state index is 13.5. The molecule has 2 aliphatic heterocycles. The van der Waals surface area contributed by atoms with Gasteiger partial charge in [-0.15, -0.1) is 0 Å². The summed E-state index contributed by atoms with van der Waals surface area (Å²) in [5.41, 5.74) is 4.43. The fourth-order valence-electron chi connectivity index (χ4n) is 5.34. The van der Waals surface area contributed by atoms with E-state index in [2.05, 4.69) is 27.2 Å². The lowest BCUT2D eigenvalue weighted by molar-refractivity contribution is -0.125. The third kappa shape index (κ3) is 4.96. The molecule has 2 atom stereocenters. The molecule has 1 saturated heterocycles. The van der Waals surface area contributed by atoms with Gasteiger partial charge in [-0.1, -0.05) is 18.2 Å². The molecule has 0 aromatic heterocycles. The number of amides is 1. The first-order valence-corrected chi connectivity index (χ1v) is 12.4. The number of piperazine rings is 1. The van der Waals surface area contributed by atoms with E-state index >= 15 is 0 Å². The van der Waals surface area contributed by atoms with Gasteiger partial charge in [0.05, 0.1) is 26.2 Å². The van der Waals surface area contributed by atoms with Gasteiger partial charge in [0.2, 0.25) is 5.91 Å². The molecule has 188 valence electrons. The van der Waals surface area contributed by atoms with E-state index in [1.54, 1.807) is 14.2 Å². The van der Waals surface area contributed by atoms with E-state index in [1.165, 1.54) is 12.1 Å². The standard InChI is InChI=1S/C29H32FN3O3/c1-35-24-10-3-20(4-11-24)13-14-31-29(34)26-17-21-5-12-25(36-2)18-27(21)33-16-15-32(19-28(26)33)23-8-6-22(30)7-9-23/h3-12,18,26,28H,13-17,19H2,1-2H3,(H,31,34)/t26-,28+/m0/s1. The summed E-state index contributed by atoms with van der Waals surface area (Å²) < 4.78 is 24.2. The molecule has 36 heavy (non-hydrogen) atoms. The second-order valence-corrected chi connectivity index (χ2v) is 9.38. The van der Waals surface area contributed by atoms with Crippen LogP contribution in [0.1, 0.15) is 11.1 Å². The van der Waals surface area contributed by atoms with Crippen LogP contribution < -0.4 is 24.6 Å². The average molecular weight is 490 g/mol. The Balaban J connectivity index is 1.34. The number of nitrogens with one attached hydrogen (secondary N) is 1. The fraction of sp³-hybridized carbons (Fsp3) is 0.345. The number of methoxy groups -OCH3 is 2. The molecule has 0 aliphatic carbocycles.